The summed E-state index contributed by atoms with van der Waals surface area (Å²) in [5.41, 5.74) is 2.48. The van der Waals surface area contributed by atoms with Gasteiger partial charge in [0.2, 0.25) is 5.91 Å². The van der Waals surface area contributed by atoms with Gasteiger partial charge >= 0.3 is 0 Å². The second-order valence-corrected chi connectivity index (χ2v) is 6.09. The van der Waals surface area contributed by atoms with Crippen LogP contribution in [0.15, 0.2) is 24.3 Å². The maximum atomic E-state index is 11.6. The van der Waals surface area contributed by atoms with Crippen LogP contribution in [0.4, 0.5) is 5.69 Å². The highest BCUT2D eigenvalue weighted by Crippen LogP contribution is 2.20. The standard InChI is InChI=1S/C17H26N2O/c1-14(2)12-17(20)18-13-15-6-8-16(9-7-15)19-10-4-3-5-11-19/h6-9,14H,3-5,10-13H2,1-2H3,(H,18,20). The van der Waals surface area contributed by atoms with Crippen molar-refractivity contribution < 1.29 is 4.79 Å². The molecule has 20 heavy (non-hydrogen) atoms. The minimum absolute atomic E-state index is 0.139. The Morgan fingerprint density at radius 2 is 1.80 bits per heavy atom. The Morgan fingerprint density at radius 1 is 1.15 bits per heavy atom. The summed E-state index contributed by atoms with van der Waals surface area (Å²) in [5, 5.41) is 2.98. The second-order valence-electron chi connectivity index (χ2n) is 6.09. The molecule has 2 rings (SSSR count). The van der Waals surface area contributed by atoms with E-state index in [0.29, 0.717) is 18.9 Å². The van der Waals surface area contributed by atoms with Gasteiger partial charge in [-0.2, -0.15) is 0 Å². The topological polar surface area (TPSA) is 32.3 Å². The molecule has 0 aliphatic carbocycles. The molecule has 0 saturated carbocycles. The third-order valence-corrected chi connectivity index (χ3v) is 3.74. The van der Waals surface area contributed by atoms with Crippen LogP contribution in [-0.4, -0.2) is 19.0 Å². The van der Waals surface area contributed by atoms with Gasteiger partial charge in [-0.1, -0.05) is 26.0 Å². The predicted molar refractivity (Wildman–Crippen MR) is 83.8 cm³/mol. The number of benzene rings is 1. The lowest BCUT2D eigenvalue weighted by atomic mass is 10.1. The first-order valence-electron chi connectivity index (χ1n) is 7.76. The van der Waals surface area contributed by atoms with E-state index in [-0.39, 0.29) is 5.91 Å². The molecule has 1 N–H and O–H groups in total. The van der Waals surface area contributed by atoms with E-state index >= 15 is 0 Å². The highest BCUT2D eigenvalue weighted by molar-refractivity contribution is 5.76. The number of amides is 1. The van der Waals surface area contributed by atoms with Crippen molar-refractivity contribution >= 4 is 11.6 Å². The van der Waals surface area contributed by atoms with Crippen LogP contribution in [-0.2, 0) is 11.3 Å². The lowest BCUT2D eigenvalue weighted by Crippen LogP contribution is -2.29. The van der Waals surface area contributed by atoms with E-state index in [1.807, 2.05) is 0 Å². The first kappa shape index (κ1) is 14.9. The van der Waals surface area contributed by atoms with E-state index in [1.54, 1.807) is 0 Å². The largest absolute Gasteiger partial charge is 0.372 e. The molecule has 3 heteroatoms. The maximum absolute atomic E-state index is 11.6. The number of piperidine rings is 1. The fourth-order valence-corrected chi connectivity index (χ4v) is 2.62. The highest BCUT2D eigenvalue weighted by atomic mass is 16.1. The fraction of sp³-hybridized carbons (Fsp3) is 0.588. The molecule has 1 saturated heterocycles. The van der Waals surface area contributed by atoms with Gasteiger partial charge in [0.25, 0.3) is 0 Å². The summed E-state index contributed by atoms with van der Waals surface area (Å²) in [5.74, 6) is 0.552. The van der Waals surface area contributed by atoms with Crippen molar-refractivity contribution in [3.05, 3.63) is 29.8 Å². The van der Waals surface area contributed by atoms with Crippen LogP contribution in [0, 0.1) is 5.92 Å². The molecular formula is C17H26N2O. The first-order chi connectivity index (χ1) is 9.65. The van der Waals surface area contributed by atoms with Crippen molar-refractivity contribution in [2.45, 2.75) is 46.1 Å². The number of nitrogens with zero attached hydrogens (tertiary/aromatic N) is 1. The Morgan fingerprint density at radius 3 is 2.40 bits per heavy atom. The van der Waals surface area contributed by atoms with Gasteiger partial charge < -0.3 is 10.2 Å². The van der Waals surface area contributed by atoms with Crippen LogP contribution in [0.3, 0.4) is 0 Å². The molecule has 1 aromatic carbocycles. The number of hydrogen-bond acceptors (Lipinski definition) is 2. The van der Waals surface area contributed by atoms with E-state index in [2.05, 4.69) is 48.3 Å². The van der Waals surface area contributed by atoms with Gasteiger partial charge in [0.1, 0.15) is 0 Å². The monoisotopic (exact) mass is 274 g/mol. The van der Waals surface area contributed by atoms with Crippen LogP contribution in [0.2, 0.25) is 0 Å². The van der Waals surface area contributed by atoms with Gasteiger partial charge in [-0.25, -0.2) is 0 Å². The Hall–Kier alpha value is -1.51. The lowest BCUT2D eigenvalue weighted by molar-refractivity contribution is -0.121. The number of carbonyl (C=O) groups is 1. The third-order valence-electron chi connectivity index (χ3n) is 3.74. The van der Waals surface area contributed by atoms with Gasteiger partial charge in [0.15, 0.2) is 0 Å². The molecule has 1 fully saturated rings. The molecule has 0 spiro atoms. The van der Waals surface area contributed by atoms with Crippen molar-refractivity contribution in [3.8, 4) is 0 Å². The summed E-state index contributed by atoms with van der Waals surface area (Å²) in [6, 6.07) is 8.60. The van der Waals surface area contributed by atoms with Gasteiger partial charge in [-0.15, -0.1) is 0 Å². The van der Waals surface area contributed by atoms with Crippen LogP contribution in [0.25, 0.3) is 0 Å². The minimum Gasteiger partial charge on any atom is -0.372 e. The van der Waals surface area contributed by atoms with Gasteiger partial charge in [0, 0.05) is 31.7 Å². The average Bonchev–Trinajstić information content (AvgIpc) is 2.46. The normalized spacial score (nSPS) is 15.4. The Labute approximate surface area is 122 Å². The van der Waals surface area contributed by atoms with Crippen LogP contribution >= 0.6 is 0 Å². The molecule has 1 amide bonds. The van der Waals surface area contributed by atoms with Crippen molar-refractivity contribution in [1.29, 1.82) is 0 Å². The number of anilines is 1. The molecule has 0 bridgehead atoms. The number of nitrogens with one attached hydrogen (secondary N) is 1. The van der Waals surface area contributed by atoms with Crippen molar-refractivity contribution in [3.63, 3.8) is 0 Å². The van der Waals surface area contributed by atoms with Gasteiger partial charge in [-0.3, -0.25) is 4.79 Å². The Bertz CT molecular complexity index is 419. The van der Waals surface area contributed by atoms with Crippen molar-refractivity contribution in [2.24, 2.45) is 5.92 Å². The van der Waals surface area contributed by atoms with Crippen LogP contribution < -0.4 is 10.2 Å². The van der Waals surface area contributed by atoms with E-state index in [0.717, 1.165) is 0 Å². The first-order valence-corrected chi connectivity index (χ1v) is 7.76. The molecule has 0 radical (unpaired) electrons. The number of hydrogen-bond donors (Lipinski definition) is 1. The smallest absolute Gasteiger partial charge is 0.220 e. The summed E-state index contributed by atoms with van der Waals surface area (Å²) in [6.45, 7) is 7.10. The highest BCUT2D eigenvalue weighted by Gasteiger charge is 2.10. The minimum atomic E-state index is 0.139. The average molecular weight is 274 g/mol. The summed E-state index contributed by atoms with van der Waals surface area (Å²) < 4.78 is 0. The molecule has 1 aliphatic heterocycles. The summed E-state index contributed by atoms with van der Waals surface area (Å²) in [4.78, 5) is 14.1. The summed E-state index contributed by atoms with van der Waals surface area (Å²) in [6.07, 6.45) is 4.56. The molecule has 3 nitrogen and oxygen atoms in total. The van der Waals surface area contributed by atoms with Gasteiger partial charge in [-0.05, 0) is 42.9 Å². The number of carbonyl (C=O) groups excluding carboxylic acids is 1. The van der Waals surface area contributed by atoms with Crippen molar-refractivity contribution in [2.75, 3.05) is 18.0 Å². The molecule has 1 heterocycles. The molecule has 0 unspecified atom stereocenters. The molecule has 0 atom stereocenters. The predicted octanol–water partition coefficient (Wildman–Crippen LogP) is 3.34. The zero-order chi connectivity index (χ0) is 14.4. The quantitative estimate of drug-likeness (QED) is 0.893. The molecule has 110 valence electrons. The van der Waals surface area contributed by atoms with E-state index in [4.69, 9.17) is 0 Å². The summed E-state index contributed by atoms with van der Waals surface area (Å²) >= 11 is 0. The zero-order valence-electron chi connectivity index (χ0n) is 12.7. The third kappa shape index (κ3) is 4.55. The van der Waals surface area contributed by atoms with E-state index in [9.17, 15) is 4.79 Å². The molecular weight excluding hydrogens is 248 g/mol. The van der Waals surface area contributed by atoms with E-state index in [1.165, 1.54) is 43.6 Å². The van der Waals surface area contributed by atoms with E-state index < -0.39 is 0 Å². The van der Waals surface area contributed by atoms with Crippen LogP contribution in [0.1, 0.15) is 45.1 Å². The zero-order valence-corrected chi connectivity index (χ0v) is 12.7. The molecule has 1 aromatic rings. The summed E-state index contributed by atoms with van der Waals surface area (Å²) in [7, 11) is 0. The van der Waals surface area contributed by atoms with Gasteiger partial charge in [0.05, 0.1) is 0 Å². The number of rotatable bonds is 5. The molecule has 1 aliphatic rings. The maximum Gasteiger partial charge on any atom is 0.220 e. The fourth-order valence-electron chi connectivity index (χ4n) is 2.62. The van der Waals surface area contributed by atoms with Crippen molar-refractivity contribution in [1.82, 2.24) is 5.32 Å². The SMILES string of the molecule is CC(C)CC(=O)NCc1ccc(N2CCCCC2)cc1. The lowest BCUT2D eigenvalue weighted by Gasteiger charge is -2.28. The van der Waals surface area contributed by atoms with Crippen LogP contribution in [0.5, 0.6) is 0 Å². The molecule has 0 aromatic heterocycles. The Kier molecular flexibility index (Phi) is 5.45. The Balaban J connectivity index is 1.83. The second kappa shape index (κ2) is 7.32.